The number of aromatic amines is 2. The Morgan fingerprint density at radius 2 is 1.84 bits per heavy atom. The maximum atomic E-state index is 12.5. The number of fused-ring (bicyclic) bond motifs is 1. The molecule has 0 aliphatic carbocycles. The average molecular weight is 424 g/mol. The van der Waals surface area contributed by atoms with Crippen LogP contribution in [0, 0.1) is 0 Å². The fourth-order valence-electron chi connectivity index (χ4n) is 3.66. The second-order valence-corrected chi connectivity index (χ2v) is 7.26. The number of anilines is 2. The number of ether oxygens (including phenoxy) is 1. The first-order chi connectivity index (χ1) is 15.0. The van der Waals surface area contributed by atoms with E-state index in [-0.39, 0.29) is 30.3 Å². The summed E-state index contributed by atoms with van der Waals surface area (Å²) in [6.07, 6.45) is 0.193. The Labute approximate surface area is 178 Å². The van der Waals surface area contributed by atoms with Crippen LogP contribution in [0.25, 0.3) is 11.2 Å². The molecule has 31 heavy (non-hydrogen) atoms. The average Bonchev–Trinajstić information content (AvgIpc) is 3.16. The molecule has 3 aromatic rings. The molecule has 0 bridgehead atoms. The number of imidazole rings is 1. The standard InChI is InChI=1S/C21H24N6O4/c1-31-16-5-3-2-4-15(16)26-10-12-27(13-11-26)19(29)9-8-18(28)23-17-7-6-14-20(24-17)25-21(30)22-14/h2-7H,8-13H2,1H3,(H3,22,23,24,25,28,30). The van der Waals surface area contributed by atoms with E-state index >= 15 is 0 Å². The number of hydrogen-bond donors (Lipinski definition) is 3. The van der Waals surface area contributed by atoms with Gasteiger partial charge in [0.25, 0.3) is 0 Å². The lowest BCUT2D eigenvalue weighted by molar-refractivity contribution is -0.133. The number of carbonyl (C=O) groups excluding carboxylic acids is 2. The zero-order chi connectivity index (χ0) is 21.8. The van der Waals surface area contributed by atoms with Gasteiger partial charge in [0.2, 0.25) is 11.8 Å². The van der Waals surface area contributed by atoms with Crippen LogP contribution >= 0.6 is 0 Å². The first kappa shape index (κ1) is 20.5. The highest BCUT2D eigenvalue weighted by atomic mass is 16.5. The molecule has 0 radical (unpaired) electrons. The second kappa shape index (κ2) is 8.90. The van der Waals surface area contributed by atoms with Gasteiger partial charge in [-0.15, -0.1) is 0 Å². The van der Waals surface area contributed by atoms with Gasteiger partial charge in [-0.25, -0.2) is 9.78 Å². The van der Waals surface area contributed by atoms with Crippen molar-refractivity contribution in [1.82, 2.24) is 19.9 Å². The van der Waals surface area contributed by atoms with Crippen LogP contribution in [0.3, 0.4) is 0 Å². The molecule has 0 saturated carbocycles. The fourth-order valence-corrected chi connectivity index (χ4v) is 3.66. The number of nitrogens with one attached hydrogen (secondary N) is 3. The van der Waals surface area contributed by atoms with Crippen molar-refractivity contribution in [3.63, 3.8) is 0 Å². The Kier molecular flexibility index (Phi) is 5.87. The van der Waals surface area contributed by atoms with E-state index in [1.54, 1.807) is 24.1 Å². The number of hydrogen-bond acceptors (Lipinski definition) is 6. The van der Waals surface area contributed by atoms with Crippen molar-refractivity contribution < 1.29 is 14.3 Å². The van der Waals surface area contributed by atoms with Gasteiger partial charge in [0.1, 0.15) is 11.6 Å². The van der Waals surface area contributed by atoms with Crippen molar-refractivity contribution in [2.75, 3.05) is 43.5 Å². The maximum absolute atomic E-state index is 12.5. The highest BCUT2D eigenvalue weighted by molar-refractivity contribution is 5.93. The zero-order valence-corrected chi connectivity index (χ0v) is 17.2. The summed E-state index contributed by atoms with van der Waals surface area (Å²) in [5, 5.41) is 2.66. The molecule has 1 fully saturated rings. The van der Waals surface area contributed by atoms with Crippen LogP contribution in [0.5, 0.6) is 5.75 Å². The molecule has 4 rings (SSSR count). The molecule has 1 aliphatic rings. The number of rotatable bonds is 6. The van der Waals surface area contributed by atoms with E-state index in [1.165, 1.54) is 0 Å². The van der Waals surface area contributed by atoms with E-state index in [0.29, 0.717) is 43.2 Å². The summed E-state index contributed by atoms with van der Waals surface area (Å²) in [6.45, 7) is 2.60. The van der Waals surface area contributed by atoms with Crippen LogP contribution < -0.4 is 20.6 Å². The fraction of sp³-hybridized carbons (Fsp3) is 0.333. The number of amides is 2. The van der Waals surface area contributed by atoms with E-state index in [4.69, 9.17) is 4.74 Å². The molecule has 1 aliphatic heterocycles. The van der Waals surface area contributed by atoms with Crippen LogP contribution in [0.2, 0.25) is 0 Å². The lowest BCUT2D eigenvalue weighted by Gasteiger charge is -2.36. The molecule has 1 saturated heterocycles. The number of pyridine rings is 1. The molecule has 3 heterocycles. The highest BCUT2D eigenvalue weighted by Gasteiger charge is 2.23. The minimum absolute atomic E-state index is 0.0480. The molecular formula is C21H24N6O4. The quantitative estimate of drug-likeness (QED) is 0.549. The van der Waals surface area contributed by atoms with Gasteiger partial charge in [0.05, 0.1) is 18.3 Å². The number of aromatic nitrogens is 3. The van der Waals surface area contributed by atoms with Gasteiger partial charge in [-0.1, -0.05) is 12.1 Å². The molecular weight excluding hydrogens is 400 g/mol. The number of H-pyrrole nitrogens is 2. The minimum atomic E-state index is -0.359. The third-order valence-corrected chi connectivity index (χ3v) is 5.27. The number of benzene rings is 1. The molecule has 10 nitrogen and oxygen atoms in total. The van der Waals surface area contributed by atoms with Gasteiger partial charge < -0.3 is 24.8 Å². The Balaban J connectivity index is 1.26. The van der Waals surface area contributed by atoms with Gasteiger partial charge >= 0.3 is 5.69 Å². The summed E-state index contributed by atoms with van der Waals surface area (Å²) in [6, 6.07) is 11.1. The Morgan fingerprint density at radius 3 is 2.61 bits per heavy atom. The summed E-state index contributed by atoms with van der Waals surface area (Å²) in [4.78, 5) is 49.3. The zero-order valence-electron chi connectivity index (χ0n) is 17.2. The molecule has 3 N–H and O–H groups in total. The van der Waals surface area contributed by atoms with E-state index in [0.717, 1.165) is 11.4 Å². The van der Waals surface area contributed by atoms with Gasteiger partial charge in [0, 0.05) is 39.0 Å². The minimum Gasteiger partial charge on any atom is -0.495 e. The summed E-state index contributed by atoms with van der Waals surface area (Å²) in [5.74, 6) is 0.791. The highest BCUT2D eigenvalue weighted by Crippen LogP contribution is 2.28. The number of methoxy groups -OCH3 is 1. The normalized spacial score (nSPS) is 14.0. The Hall–Kier alpha value is -3.82. The molecule has 2 amide bonds. The lowest BCUT2D eigenvalue weighted by Crippen LogP contribution is -2.49. The number of piperazine rings is 1. The van der Waals surface area contributed by atoms with Crippen molar-refractivity contribution in [2.45, 2.75) is 12.8 Å². The monoisotopic (exact) mass is 424 g/mol. The van der Waals surface area contributed by atoms with E-state index in [9.17, 15) is 14.4 Å². The summed E-state index contributed by atoms with van der Waals surface area (Å²) < 4.78 is 5.42. The van der Waals surface area contributed by atoms with Crippen LogP contribution in [0.15, 0.2) is 41.2 Å². The summed E-state index contributed by atoms with van der Waals surface area (Å²) in [5.41, 5.74) is 1.59. The smallest absolute Gasteiger partial charge is 0.325 e. The van der Waals surface area contributed by atoms with Crippen molar-refractivity contribution >= 4 is 34.5 Å². The van der Waals surface area contributed by atoms with Gasteiger partial charge in [0.15, 0.2) is 5.65 Å². The predicted octanol–water partition coefficient (Wildman–Crippen LogP) is 1.33. The van der Waals surface area contributed by atoms with Crippen LogP contribution in [0.1, 0.15) is 12.8 Å². The SMILES string of the molecule is COc1ccccc1N1CCN(C(=O)CCC(=O)Nc2ccc3[nH]c(=O)[nH]c3n2)CC1. The predicted molar refractivity (Wildman–Crippen MR) is 116 cm³/mol. The molecule has 2 aromatic heterocycles. The van der Waals surface area contributed by atoms with E-state index in [2.05, 4.69) is 25.2 Å². The molecule has 0 atom stereocenters. The van der Waals surface area contributed by atoms with Crippen LogP contribution in [-0.4, -0.2) is 65.0 Å². The lowest BCUT2D eigenvalue weighted by atomic mass is 10.2. The van der Waals surface area contributed by atoms with Crippen molar-refractivity contribution in [3.05, 3.63) is 46.9 Å². The molecule has 0 unspecified atom stereocenters. The molecule has 162 valence electrons. The molecule has 10 heteroatoms. The van der Waals surface area contributed by atoms with Crippen LogP contribution in [-0.2, 0) is 9.59 Å². The maximum Gasteiger partial charge on any atom is 0.325 e. The topological polar surface area (TPSA) is 123 Å². The van der Waals surface area contributed by atoms with Crippen LogP contribution in [0.4, 0.5) is 11.5 Å². The Bertz CT molecular complexity index is 1150. The van der Waals surface area contributed by atoms with E-state index in [1.807, 2.05) is 24.3 Å². The number of nitrogens with zero attached hydrogens (tertiary/aromatic N) is 3. The number of carbonyl (C=O) groups is 2. The summed E-state index contributed by atoms with van der Waals surface area (Å²) in [7, 11) is 1.65. The second-order valence-electron chi connectivity index (χ2n) is 7.26. The number of para-hydroxylation sites is 2. The Morgan fingerprint density at radius 1 is 1.06 bits per heavy atom. The van der Waals surface area contributed by atoms with Gasteiger partial charge in [-0.3, -0.25) is 14.6 Å². The first-order valence-corrected chi connectivity index (χ1v) is 10.1. The third kappa shape index (κ3) is 4.68. The molecule has 1 aromatic carbocycles. The van der Waals surface area contributed by atoms with E-state index < -0.39 is 0 Å². The first-order valence-electron chi connectivity index (χ1n) is 10.1. The largest absolute Gasteiger partial charge is 0.495 e. The van der Waals surface area contributed by atoms with Crippen molar-refractivity contribution in [2.24, 2.45) is 0 Å². The summed E-state index contributed by atoms with van der Waals surface area (Å²) >= 11 is 0. The van der Waals surface area contributed by atoms with Crippen molar-refractivity contribution in [1.29, 1.82) is 0 Å². The molecule has 0 spiro atoms. The van der Waals surface area contributed by atoms with Crippen molar-refractivity contribution in [3.8, 4) is 5.75 Å². The van der Waals surface area contributed by atoms with Gasteiger partial charge in [-0.05, 0) is 24.3 Å². The third-order valence-electron chi connectivity index (χ3n) is 5.27. The van der Waals surface area contributed by atoms with Gasteiger partial charge in [-0.2, -0.15) is 0 Å².